The predicted octanol–water partition coefficient (Wildman–Crippen LogP) is 5.36. The maximum Gasteiger partial charge on any atom is 0.410 e. The van der Waals surface area contributed by atoms with E-state index in [2.05, 4.69) is 40.6 Å². The first-order valence-electron chi connectivity index (χ1n) is 14.2. The fraction of sp³-hybridized carbons (Fsp3) is 0.464. The van der Waals surface area contributed by atoms with Gasteiger partial charge in [-0.05, 0) is 68.7 Å². The molecule has 45 heavy (non-hydrogen) atoms. The number of carbonyl (C=O) groups is 1. The number of halogens is 3. The molecular formula is C28H33ClF2N10O4. The Morgan fingerprint density at radius 1 is 1.13 bits per heavy atom. The SMILES string of the molecule is C[C@H](Cn1cnnn1)Oc1cc(-c2cnc(Nc3cn(C4CCN(C(=O)OC(C)(C)C)CC4)nc3OC(F)F)nc2)ccc1Cl. The van der Waals surface area contributed by atoms with Crippen LogP contribution in [0.15, 0.2) is 43.1 Å². The van der Waals surface area contributed by atoms with Gasteiger partial charge in [-0.1, -0.05) is 17.7 Å². The second kappa shape index (κ2) is 13.6. The molecule has 1 saturated heterocycles. The number of anilines is 2. The molecule has 0 aliphatic carbocycles. The Morgan fingerprint density at radius 3 is 2.51 bits per heavy atom. The number of ether oxygens (including phenoxy) is 3. The van der Waals surface area contributed by atoms with E-state index in [1.165, 1.54) is 6.33 Å². The fourth-order valence-electron chi connectivity index (χ4n) is 4.68. The average molecular weight is 647 g/mol. The Labute approximate surface area is 262 Å². The van der Waals surface area contributed by atoms with Crippen molar-refractivity contribution in [2.45, 2.75) is 71.4 Å². The molecule has 1 atom stereocenters. The normalized spacial score (nSPS) is 14.8. The fourth-order valence-corrected chi connectivity index (χ4v) is 4.84. The molecule has 14 nitrogen and oxygen atoms in total. The van der Waals surface area contributed by atoms with E-state index in [0.717, 1.165) is 5.56 Å². The first-order valence-corrected chi connectivity index (χ1v) is 14.6. The van der Waals surface area contributed by atoms with Crippen LogP contribution in [0.2, 0.25) is 5.02 Å². The molecule has 1 aliphatic heterocycles. The highest BCUT2D eigenvalue weighted by molar-refractivity contribution is 6.32. The Morgan fingerprint density at radius 2 is 1.87 bits per heavy atom. The zero-order valence-corrected chi connectivity index (χ0v) is 25.9. The molecule has 1 N–H and O–H groups in total. The van der Waals surface area contributed by atoms with E-state index >= 15 is 0 Å². The largest absolute Gasteiger partial charge is 0.487 e. The summed E-state index contributed by atoms with van der Waals surface area (Å²) in [4.78, 5) is 22.8. The predicted molar refractivity (Wildman–Crippen MR) is 159 cm³/mol. The molecule has 0 bridgehead atoms. The summed E-state index contributed by atoms with van der Waals surface area (Å²) in [5.74, 6) is 0.329. The number of tetrazole rings is 1. The highest BCUT2D eigenvalue weighted by Crippen LogP contribution is 2.33. The van der Waals surface area contributed by atoms with Crippen LogP contribution in [0, 0.1) is 0 Å². The third-order valence-corrected chi connectivity index (χ3v) is 7.03. The Hall–Kier alpha value is -4.60. The average Bonchev–Trinajstić information content (AvgIpc) is 3.63. The van der Waals surface area contributed by atoms with Crippen molar-refractivity contribution in [2.75, 3.05) is 18.4 Å². The van der Waals surface area contributed by atoms with Gasteiger partial charge in [0.1, 0.15) is 29.5 Å². The van der Waals surface area contributed by atoms with Gasteiger partial charge in [0.25, 0.3) is 5.88 Å². The van der Waals surface area contributed by atoms with Crippen molar-refractivity contribution in [3.8, 4) is 22.8 Å². The maximum absolute atomic E-state index is 13.2. The van der Waals surface area contributed by atoms with Gasteiger partial charge in [-0.2, -0.15) is 8.78 Å². The zero-order valence-electron chi connectivity index (χ0n) is 25.1. The van der Waals surface area contributed by atoms with E-state index in [9.17, 15) is 13.6 Å². The van der Waals surface area contributed by atoms with Gasteiger partial charge in [0.05, 0.1) is 23.8 Å². The number of carbonyl (C=O) groups excluding carboxylic acids is 1. The summed E-state index contributed by atoms with van der Waals surface area (Å²) in [5.41, 5.74) is 1.01. The molecule has 0 saturated carbocycles. The van der Waals surface area contributed by atoms with Crippen molar-refractivity contribution in [1.29, 1.82) is 0 Å². The molecule has 1 fully saturated rings. The summed E-state index contributed by atoms with van der Waals surface area (Å²) in [6.07, 6.45) is 6.69. The molecule has 1 amide bonds. The quantitative estimate of drug-likeness (QED) is 0.237. The molecule has 4 aromatic rings. The van der Waals surface area contributed by atoms with Gasteiger partial charge < -0.3 is 24.4 Å². The lowest BCUT2D eigenvalue weighted by Crippen LogP contribution is -2.42. The van der Waals surface area contributed by atoms with Crippen molar-refractivity contribution in [3.63, 3.8) is 0 Å². The Kier molecular flexibility index (Phi) is 9.60. The number of benzene rings is 1. The molecule has 0 radical (unpaired) electrons. The number of piperidine rings is 1. The van der Waals surface area contributed by atoms with E-state index in [-0.39, 0.29) is 35.8 Å². The van der Waals surface area contributed by atoms with Crippen LogP contribution in [0.1, 0.15) is 46.6 Å². The molecule has 0 unspecified atom stereocenters. The third kappa shape index (κ3) is 8.53. The molecule has 1 aromatic carbocycles. The van der Waals surface area contributed by atoms with Gasteiger partial charge in [-0.25, -0.2) is 19.4 Å². The molecule has 240 valence electrons. The number of likely N-dealkylation sites (tertiary alicyclic amines) is 1. The number of aromatic nitrogens is 8. The van der Waals surface area contributed by atoms with Gasteiger partial charge in [0.15, 0.2) is 0 Å². The lowest BCUT2D eigenvalue weighted by atomic mass is 10.1. The second-order valence-electron chi connectivity index (χ2n) is 11.4. The standard InChI is InChI=1S/C28H33ClF2N10O4/c1-17(14-40-16-34-37-38-40)43-23-11-18(5-6-21(23)29)19-12-32-26(33-13-19)35-22-15-41(36-24(22)44-25(30)31)20-7-9-39(10-8-20)27(42)45-28(2,3)4/h5-6,11-13,15-17,20,25H,7-10,14H2,1-4H3,(H,32,33,35)/t17-/m1/s1. The number of nitrogens with zero attached hydrogens (tertiary/aromatic N) is 9. The summed E-state index contributed by atoms with van der Waals surface area (Å²) < 4.78 is 45.7. The highest BCUT2D eigenvalue weighted by atomic mass is 35.5. The number of hydrogen-bond acceptors (Lipinski definition) is 11. The Balaban J connectivity index is 1.25. The van der Waals surface area contributed by atoms with Crippen molar-refractivity contribution in [1.82, 2.24) is 44.9 Å². The minimum Gasteiger partial charge on any atom is -0.487 e. The van der Waals surface area contributed by atoms with E-state index in [0.29, 0.717) is 48.8 Å². The smallest absolute Gasteiger partial charge is 0.410 e. The van der Waals surface area contributed by atoms with E-state index in [1.807, 2.05) is 27.7 Å². The minimum atomic E-state index is -3.08. The molecule has 1 aliphatic rings. The van der Waals surface area contributed by atoms with E-state index in [1.54, 1.807) is 51.1 Å². The van der Waals surface area contributed by atoms with Crippen LogP contribution in [0.4, 0.5) is 25.2 Å². The van der Waals surface area contributed by atoms with Gasteiger partial charge in [-0.3, -0.25) is 4.68 Å². The minimum absolute atomic E-state index is 0.139. The first kappa shape index (κ1) is 31.8. The maximum atomic E-state index is 13.2. The molecular weight excluding hydrogens is 614 g/mol. The molecule has 4 heterocycles. The van der Waals surface area contributed by atoms with Crippen molar-refractivity contribution < 1.29 is 27.8 Å². The molecule has 0 spiro atoms. The van der Waals surface area contributed by atoms with Crippen molar-refractivity contribution in [2.24, 2.45) is 0 Å². The molecule has 17 heteroatoms. The summed E-state index contributed by atoms with van der Waals surface area (Å²) in [6, 6.07) is 5.15. The summed E-state index contributed by atoms with van der Waals surface area (Å²) in [6.45, 7) is 5.52. The number of amides is 1. The van der Waals surface area contributed by atoms with Crippen LogP contribution < -0.4 is 14.8 Å². The van der Waals surface area contributed by atoms with E-state index < -0.39 is 12.2 Å². The van der Waals surface area contributed by atoms with Gasteiger partial charge in [0, 0.05) is 31.0 Å². The third-order valence-electron chi connectivity index (χ3n) is 6.72. The summed E-state index contributed by atoms with van der Waals surface area (Å²) in [7, 11) is 0. The molecule has 3 aromatic heterocycles. The number of hydrogen-bond donors (Lipinski definition) is 1. The van der Waals surface area contributed by atoms with Crippen LogP contribution >= 0.6 is 11.6 Å². The molecule has 5 rings (SSSR count). The van der Waals surface area contributed by atoms with Crippen LogP contribution in [-0.2, 0) is 11.3 Å². The highest BCUT2D eigenvalue weighted by Gasteiger charge is 2.29. The van der Waals surface area contributed by atoms with Crippen molar-refractivity contribution >= 4 is 29.3 Å². The number of nitrogens with one attached hydrogen (secondary N) is 1. The topological polar surface area (TPSA) is 147 Å². The van der Waals surface area contributed by atoms with Crippen LogP contribution in [0.25, 0.3) is 11.1 Å². The number of alkyl halides is 2. The number of rotatable bonds is 10. The van der Waals surface area contributed by atoms with Gasteiger partial charge >= 0.3 is 12.7 Å². The lowest BCUT2D eigenvalue weighted by Gasteiger charge is -2.33. The first-order chi connectivity index (χ1) is 21.4. The van der Waals surface area contributed by atoms with Crippen molar-refractivity contribution in [3.05, 3.63) is 48.1 Å². The monoisotopic (exact) mass is 646 g/mol. The summed E-state index contributed by atoms with van der Waals surface area (Å²) in [5, 5.41) is 18.7. The zero-order chi connectivity index (χ0) is 32.1. The second-order valence-corrected chi connectivity index (χ2v) is 11.8. The van der Waals surface area contributed by atoms with Crippen LogP contribution in [-0.4, -0.2) is 82.4 Å². The summed E-state index contributed by atoms with van der Waals surface area (Å²) >= 11 is 6.37. The van der Waals surface area contributed by atoms with Gasteiger partial charge in [0.2, 0.25) is 5.95 Å². The van der Waals surface area contributed by atoms with E-state index in [4.69, 9.17) is 21.1 Å². The van der Waals surface area contributed by atoms with Crippen LogP contribution in [0.3, 0.4) is 0 Å². The van der Waals surface area contributed by atoms with Gasteiger partial charge in [-0.15, -0.1) is 10.2 Å². The lowest BCUT2D eigenvalue weighted by molar-refractivity contribution is -0.0529. The Bertz CT molecular complexity index is 1570. The van der Waals surface area contributed by atoms with Crippen LogP contribution in [0.5, 0.6) is 11.6 Å².